The molecule has 0 radical (unpaired) electrons. The number of esters is 4. The van der Waals surface area contributed by atoms with Crippen molar-refractivity contribution in [1.29, 1.82) is 0 Å². The van der Waals surface area contributed by atoms with Gasteiger partial charge in [-0.15, -0.1) is 0 Å². The van der Waals surface area contributed by atoms with Crippen molar-refractivity contribution in [1.82, 2.24) is 0 Å². The molecular weight excluding hydrogens is 1560 g/mol. The monoisotopic (exact) mass is 1740 g/mol. The summed E-state index contributed by atoms with van der Waals surface area (Å²) in [5.74, 6) is -2.27. The first-order valence-electron chi connectivity index (χ1n) is 49.2. The molecule has 1 aliphatic carbocycles. The molecular formula is C94H177O25P. The summed E-state index contributed by atoms with van der Waals surface area (Å²) in [4.78, 5) is 66.6. The van der Waals surface area contributed by atoms with Gasteiger partial charge in [0.25, 0.3) is 0 Å². The average molecular weight is 1740 g/mol. The van der Waals surface area contributed by atoms with Gasteiger partial charge in [0.2, 0.25) is 0 Å². The van der Waals surface area contributed by atoms with E-state index in [1.165, 1.54) is 218 Å². The minimum absolute atomic E-state index is 0.0199. The predicted octanol–water partition coefficient (Wildman–Crippen LogP) is 18.8. The maximum Gasteiger partial charge on any atom is 0.472 e. The number of ether oxygens (including phenoxy) is 8. The topological polar surface area (TPSA) is 380 Å². The summed E-state index contributed by atoms with van der Waals surface area (Å²) in [7, 11) is -5.81. The smallest absolute Gasteiger partial charge is 0.463 e. The van der Waals surface area contributed by atoms with Gasteiger partial charge < -0.3 is 88.7 Å². The Balaban J connectivity index is 1.91. The van der Waals surface area contributed by atoms with Gasteiger partial charge in [-0.2, -0.15) is 0 Å². The van der Waals surface area contributed by atoms with Crippen molar-refractivity contribution in [2.75, 3.05) is 26.4 Å². The average Bonchev–Trinajstić information content (AvgIpc) is 0.753. The molecule has 25 nitrogen and oxygen atoms in total. The summed E-state index contributed by atoms with van der Waals surface area (Å²) >= 11 is 0. The lowest BCUT2D eigenvalue weighted by molar-refractivity contribution is -0.360. The SMILES string of the molecule is CCCCCCCCCCCCCCCCCC(=O)OCC(COP(=O)(O)OC1C(OC2OC(CO)C(O)C(O)C2O)C(O)C(O)C(OC(=O)CCCCCCCCCCCCCCCCC)C1OC1OC(COC(=O)CCCCCCCCCCCCCCCCC)C(O)C(O)C1O)OC(=O)CCCCCCCCC(C)CCCCCCCC. The number of phosphoric ester groups is 1. The molecule has 26 heteroatoms. The molecule has 2 heterocycles. The summed E-state index contributed by atoms with van der Waals surface area (Å²) in [5.41, 5.74) is 0. The zero-order valence-corrected chi connectivity index (χ0v) is 76.7. The molecule has 0 spiro atoms. The van der Waals surface area contributed by atoms with E-state index in [9.17, 15) is 74.6 Å². The van der Waals surface area contributed by atoms with Crippen LogP contribution in [-0.2, 0) is 70.7 Å². The van der Waals surface area contributed by atoms with Gasteiger partial charge in [-0.05, 0) is 31.6 Å². The largest absolute Gasteiger partial charge is 0.472 e. The molecule has 0 aromatic heterocycles. The zero-order valence-electron chi connectivity index (χ0n) is 75.8. The van der Waals surface area contributed by atoms with Crippen molar-refractivity contribution in [3.05, 3.63) is 0 Å². The summed E-state index contributed by atoms with van der Waals surface area (Å²) in [6.45, 7) is 7.98. The fourth-order valence-electron chi connectivity index (χ4n) is 16.6. The number of phosphoric acid groups is 1. The molecule has 3 rings (SSSR count). The van der Waals surface area contributed by atoms with E-state index in [1.54, 1.807) is 0 Å². The normalized spacial score (nSPS) is 24.9. The van der Waals surface area contributed by atoms with Crippen LogP contribution in [0.5, 0.6) is 0 Å². The molecule has 19 unspecified atom stereocenters. The van der Waals surface area contributed by atoms with E-state index < -0.39 is 162 Å². The van der Waals surface area contributed by atoms with Crippen LogP contribution in [0, 0.1) is 5.92 Å². The van der Waals surface area contributed by atoms with Crippen LogP contribution < -0.4 is 0 Å². The molecule has 10 N–H and O–H groups in total. The van der Waals surface area contributed by atoms with Gasteiger partial charge in [-0.1, -0.05) is 388 Å². The Morgan fingerprint density at radius 1 is 0.325 bits per heavy atom. The maximum atomic E-state index is 14.9. The third kappa shape index (κ3) is 52.1. The maximum absolute atomic E-state index is 14.9. The second-order valence-electron chi connectivity index (χ2n) is 35.6. The highest BCUT2D eigenvalue weighted by Gasteiger charge is 2.60. The van der Waals surface area contributed by atoms with Crippen LogP contribution in [0.2, 0.25) is 0 Å². The zero-order chi connectivity index (χ0) is 87.6. The number of carbonyl (C=O) groups is 4. The lowest BCUT2D eigenvalue weighted by atomic mass is 9.84. The van der Waals surface area contributed by atoms with Gasteiger partial charge in [-0.3, -0.25) is 28.2 Å². The first-order valence-corrected chi connectivity index (χ1v) is 50.7. The Labute approximate surface area is 725 Å². The standard InChI is InChI=1S/C94H177O25P/c1-6-10-14-18-22-25-28-31-34-37-40-43-46-53-59-65-77(96)110-70-74(113-79(98)67-61-56-50-49-52-58-64-73(5)63-57-51-21-17-13-9-4)71-112-120(108,109)119-92-90(117-93-87(106)83(102)81(100)75(69-95)114-93)86(105)85(104)89(116-80(99)68-62-55-48-45-42-39-36-33-30-27-24-20-16-12-8-3)91(92)118-94-88(107)84(103)82(101)76(115-94)72-111-78(97)66-60-54-47-44-41-38-35-32-29-26-23-19-15-11-7-2/h73-76,81-95,100-107H,6-72H2,1-5H3,(H,108,109). The number of hydrogen-bond acceptors (Lipinski definition) is 24. The highest BCUT2D eigenvalue weighted by Crippen LogP contribution is 2.49. The van der Waals surface area contributed by atoms with Gasteiger partial charge in [-0.25, -0.2) is 4.57 Å². The highest BCUT2D eigenvalue weighted by atomic mass is 31.2. The minimum Gasteiger partial charge on any atom is -0.463 e. The number of hydrogen-bond donors (Lipinski definition) is 10. The van der Waals surface area contributed by atoms with Crippen LogP contribution in [-0.4, -0.2) is 205 Å². The molecule has 0 bridgehead atoms. The third-order valence-corrected chi connectivity index (χ3v) is 25.5. The van der Waals surface area contributed by atoms with Gasteiger partial charge in [0.05, 0.1) is 13.2 Å². The van der Waals surface area contributed by atoms with Crippen LogP contribution in [0.25, 0.3) is 0 Å². The Morgan fingerprint density at radius 3 is 0.992 bits per heavy atom. The Morgan fingerprint density at radius 2 is 0.625 bits per heavy atom. The first kappa shape index (κ1) is 112. The van der Waals surface area contributed by atoms with E-state index in [1.807, 2.05) is 0 Å². The van der Waals surface area contributed by atoms with E-state index in [0.29, 0.717) is 38.0 Å². The number of carbonyl (C=O) groups excluding carboxylic acids is 4. The Kier molecular flexibility index (Phi) is 67.3. The van der Waals surface area contributed by atoms with Gasteiger partial charge in [0.15, 0.2) is 24.8 Å². The summed E-state index contributed by atoms with van der Waals surface area (Å²) in [5, 5.41) is 102. The molecule has 2 saturated heterocycles. The molecule has 708 valence electrons. The van der Waals surface area contributed by atoms with Crippen molar-refractivity contribution in [2.24, 2.45) is 5.92 Å². The van der Waals surface area contributed by atoms with E-state index >= 15 is 0 Å². The second-order valence-corrected chi connectivity index (χ2v) is 37.0. The molecule has 1 saturated carbocycles. The van der Waals surface area contributed by atoms with Crippen molar-refractivity contribution in [3.8, 4) is 0 Å². The number of unbranched alkanes of at least 4 members (excludes halogenated alkanes) is 52. The van der Waals surface area contributed by atoms with Crippen LogP contribution in [0.3, 0.4) is 0 Å². The number of aliphatic hydroxyl groups excluding tert-OH is 9. The van der Waals surface area contributed by atoms with E-state index in [4.69, 9.17) is 46.9 Å². The molecule has 3 fully saturated rings. The summed E-state index contributed by atoms with van der Waals surface area (Å²) in [6.07, 6.45) is 29.3. The number of aliphatic hydroxyl groups is 9. The summed E-state index contributed by atoms with van der Waals surface area (Å²) in [6, 6.07) is 0. The Bertz CT molecular complexity index is 2500. The van der Waals surface area contributed by atoms with Gasteiger partial charge in [0, 0.05) is 25.7 Å². The van der Waals surface area contributed by atoms with Crippen molar-refractivity contribution >= 4 is 31.7 Å². The predicted molar refractivity (Wildman–Crippen MR) is 467 cm³/mol. The van der Waals surface area contributed by atoms with E-state index in [-0.39, 0.29) is 25.7 Å². The summed E-state index contributed by atoms with van der Waals surface area (Å²) < 4.78 is 73.6. The van der Waals surface area contributed by atoms with Crippen LogP contribution >= 0.6 is 7.82 Å². The van der Waals surface area contributed by atoms with Crippen molar-refractivity contribution < 1.29 is 122 Å². The van der Waals surface area contributed by atoms with Crippen molar-refractivity contribution in [2.45, 2.75) is 543 Å². The molecule has 0 aromatic carbocycles. The van der Waals surface area contributed by atoms with Gasteiger partial charge in [0.1, 0.15) is 92.6 Å². The minimum atomic E-state index is -5.81. The highest BCUT2D eigenvalue weighted by molar-refractivity contribution is 7.47. The van der Waals surface area contributed by atoms with E-state index in [2.05, 4.69) is 34.6 Å². The molecule has 0 aromatic rings. The molecule has 19 atom stereocenters. The molecule has 3 aliphatic rings. The Hall–Kier alpha value is -2.53. The van der Waals surface area contributed by atoms with Gasteiger partial charge >= 0.3 is 31.7 Å². The number of rotatable bonds is 80. The quantitative estimate of drug-likeness (QED) is 0.0117. The second kappa shape index (κ2) is 72.4. The van der Waals surface area contributed by atoms with Crippen LogP contribution in [0.15, 0.2) is 0 Å². The third-order valence-electron chi connectivity index (χ3n) is 24.5. The van der Waals surface area contributed by atoms with Crippen LogP contribution in [0.4, 0.5) is 0 Å². The first-order chi connectivity index (χ1) is 58.1. The fraction of sp³-hybridized carbons (Fsp3) is 0.957. The molecule has 0 amide bonds. The van der Waals surface area contributed by atoms with Crippen LogP contribution in [0.1, 0.15) is 439 Å². The molecule has 120 heavy (non-hydrogen) atoms. The fourth-order valence-corrected chi connectivity index (χ4v) is 17.6. The van der Waals surface area contributed by atoms with Crippen molar-refractivity contribution in [3.63, 3.8) is 0 Å². The molecule has 2 aliphatic heterocycles. The van der Waals surface area contributed by atoms with E-state index in [0.717, 1.165) is 128 Å². The lowest BCUT2D eigenvalue weighted by Crippen LogP contribution is -2.70. The lowest BCUT2D eigenvalue weighted by Gasteiger charge is -2.50.